The fraction of sp³-hybridized carbons (Fsp3) is 0.636. The third-order valence-electron chi connectivity index (χ3n) is 5.16. The van der Waals surface area contributed by atoms with E-state index in [-0.39, 0.29) is 11.4 Å². The van der Waals surface area contributed by atoms with Crippen molar-refractivity contribution in [1.29, 1.82) is 0 Å². The topological polar surface area (TPSA) is 68.8 Å². The number of hydrogen-bond acceptors (Lipinski definition) is 3. The number of carbonyl (C=O) groups is 1. The minimum absolute atomic E-state index is 0.0478. The molecular weight excluding hydrogens is 350 g/mol. The standard InChI is InChI=1S/C22H37N5O/c1-5-23-21(25-17-22(3,4)27-15-7-6-8-16-27)24-14-13-19-9-11-20(12-10-19)26-18(2)28/h9-12H,5-8,13-17H2,1-4H3,(H,26,28)(H2,23,24,25). The molecule has 1 heterocycles. The molecule has 0 atom stereocenters. The Morgan fingerprint density at radius 3 is 2.39 bits per heavy atom. The molecule has 3 N–H and O–H groups in total. The molecule has 156 valence electrons. The fourth-order valence-corrected chi connectivity index (χ4v) is 3.50. The molecule has 6 heteroatoms. The highest BCUT2D eigenvalue weighted by atomic mass is 16.1. The maximum Gasteiger partial charge on any atom is 0.221 e. The number of nitrogens with zero attached hydrogens (tertiary/aromatic N) is 2. The van der Waals surface area contributed by atoms with E-state index in [1.165, 1.54) is 44.8 Å². The van der Waals surface area contributed by atoms with Crippen LogP contribution >= 0.6 is 0 Å². The second-order valence-corrected chi connectivity index (χ2v) is 8.11. The second kappa shape index (κ2) is 11.1. The summed E-state index contributed by atoms with van der Waals surface area (Å²) in [6.45, 7) is 13.0. The number of amides is 1. The number of likely N-dealkylation sites (tertiary alicyclic amines) is 1. The number of anilines is 1. The molecule has 1 aromatic rings. The summed E-state index contributed by atoms with van der Waals surface area (Å²) in [5, 5.41) is 9.58. The number of carbonyl (C=O) groups excluding carboxylic acids is 1. The molecule has 2 rings (SSSR count). The Labute approximate surface area is 170 Å². The van der Waals surface area contributed by atoms with Crippen LogP contribution in [0.1, 0.15) is 52.5 Å². The Morgan fingerprint density at radius 1 is 1.11 bits per heavy atom. The van der Waals surface area contributed by atoms with Crippen LogP contribution in [0.5, 0.6) is 0 Å². The summed E-state index contributed by atoms with van der Waals surface area (Å²) in [6.07, 6.45) is 4.85. The zero-order valence-corrected chi connectivity index (χ0v) is 18.0. The smallest absolute Gasteiger partial charge is 0.221 e. The van der Waals surface area contributed by atoms with Gasteiger partial charge in [-0.1, -0.05) is 18.6 Å². The number of aliphatic imine (C=N–C) groups is 1. The number of hydrogen-bond donors (Lipinski definition) is 3. The van der Waals surface area contributed by atoms with Crippen LogP contribution in [0.3, 0.4) is 0 Å². The van der Waals surface area contributed by atoms with Gasteiger partial charge in [-0.3, -0.25) is 14.7 Å². The van der Waals surface area contributed by atoms with Crippen molar-refractivity contribution in [3.63, 3.8) is 0 Å². The summed E-state index contributed by atoms with van der Waals surface area (Å²) in [5.74, 6) is 0.829. The first-order valence-electron chi connectivity index (χ1n) is 10.5. The van der Waals surface area contributed by atoms with Gasteiger partial charge in [-0.2, -0.15) is 0 Å². The molecule has 1 aliphatic heterocycles. The van der Waals surface area contributed by atoms with Gasteiger partial charge >= 0.3 is 0 Å². The quantitative estimate of drug-likeness (QED) is 0.474. The Morgan fingerprint density at radius 2 is 1.79 bits per heavy atom. The normalized spacial score (nSPS) is 15.9. The van der Waals surface area contributed by atoms with Gasteiger partial charge in [0.1, 0.15) is 0 Å². The molecule has 1 saturated heterocycles. The van der Waals surface area contributed by atoms with E-state index in [1.54, 1.807) is 0 Å². The zero-order valence-electron chi connectivity index (χ0n) is 18.0. The molecule has 28 heavy (non-hydrogen) atoms. The van der Waals surface area contributed by atoms with Crippen LogP contribution < -0.4 is 16.0 Å². The zero-order chi connectivity index (χ0) is 20.4. The van der Waals surface area contributed by atoms with E-state index in [4.69, 9.17) is 4.99 Å². The molecule has 0 bridgehead atoms. The van der Waals surface area contributed by atoms with E-state index < -0.39 is 0 Å². The monoisotopic (exact) mass is 387 g/mol. The Bertz CT molecular complexity index is 633. The fourth-order valence-electron chi connectivity index (χ4n) is 3.50. The minimum Gasteiger partial charge on any atom is -0.357 e. The van der Waals surface area contributed by atoms with Crippen LogP contribution in [-0.4, -0.2) is 55.0 Å². The first-order chi connectivity index (χ1) is 13.4. The van der Waals surface area contributed by atoms with Crippen LogP contribution in [0.2, 0.25) is 0 Å². The molecule has 0 saturated carbocycles. The molecule has 0 radical (unpaired) electrons. The van der Waals surface area contributed by atoms with Crippen molar-refractivity contribution in [2.45, 2.75) is 58.9 Å². The lowest BCUT2D eigenvalue weighted by molar-refractivity contribution is -0.114. The van der Waals surface area contributed by atoms with Gasteiger partial charge in [0.05, 0.1) is 6.54 Å². The summed E-state index contributed by atoms with van der Waals surface area (Å²) >= 11 is 0. The van der Waals surface area contributed by atoms with Crippen LogP contribution in [0.15, 0.2) is 29.3 Å². The molecule has 0 unspecified atom stereocenters. The van der Waals surface area contributed by atoms with E-state index in [1.807, 2.05) is 12.1 Å². The summed E-state index contributed by atoms with van der Waals surface area (Å²) in [6, 6.07) is 7.99. The summed E-state index contributed by atoms with van der Waals surface area (Å²) in [7, 11) is 0. The predicted molar refractivity (Wildman–Crippen MR) is 118 cm³/mol. The molecule has 1 amide bonds. The highest BCUT2D eigenvalue weighted by Crippen LogP contribution is 2.20. The average molecular weight is 388 g/mol. The maximum atomic E-state index is 11.1. The van der Waals surface area contributed by atoms with E-state index >= 15 is 0 Å². The van der Waals surface area contributed by atoms with Gasteiger partial charge in [0.25, 0.3) is 0 Å². The molecular formula is C22H37N5O. The highest BCUT2D eigenvalue weighted by molar-refractivity contribution is 5.88. The van der Waals surface area contributed by atoms with Crippen LogP contribution in [0, 0.1) is 0 Å². The first kappa shape index (κ1) is 22.2. The van der Waals surface area contributed by atoms with E-state index in [2.05, 4.69) is 53.8 Å². The molecule has 1 aliphatic rings. The molecule has 0 aliphatic carbocycles. The predicted octanol–water partition coefficient (Wildman–Crippen LogP) is 3.01. The van der Waals surface area contributed by atoms with Gasteiger partial charge < -0.3 is 16.0 Å². The molecule has 6 nitrogen and oxygen atoms in total. The SMILES string of the molecule is CCNC(=NCC(C)(C)N1CCCCC1)NCCc1ccc(NC(C)=O)cc1. The van der Waals surface area contributed by atoms with Gasteiger partial charge in [0.2, 0.25) is 5.91 Å². The minimum atomic E-state index is -0.0478. The van der Waals surface area contributed by atoms with Crippen molar-refractivity contribution < 1.29 is 4.79 Å². The van der Waals surface area contributed by atoms with Crippen molar-refractivity contribution in [2.75, 3.05) is 38.0 Å². The Hall–Kier alpha value is -2.08. The number of rotatable bonds is 8. The number of guanidine groups is 1. The van der Waals surface area contributed by atoms with E-state index in [9.17, 15) is 4.79 Å². The molecule has 1 fully saturated rings. The molecule has 1 aromatic carbocycles. The first-order valence-corrected chi connectivity index (χ1v) is 10.5. The van der Waals surface area contributed by atoms with Crippen molar-refractivity contribution in [1.82, 2.24) is 15.5 Å². The third kappa shape index (κ3) is 7.50. The van der Waals surface area contributed by atoms with Gasteiger partial charge in [0, 0.05) is 31.2 Å². The molecule has 0 spiro atoms. The van der Waals surface area contributed by atoms with Crippen molar-refractivity contribution in [2.24, 2.45) is 4.99 Å². The number of benzene rings is 1. The largest absolute Gasteiger partial charge is 0.357 e. The van der Waals surface area contributed by atoms with Crippen molar-refractivity contribution >= 4 is 17.6 Å². The Balaban J connectivity index is 1.84. The molecule has 0 aromatic heterocycles. The van der Waals surface area contributed by atoms with Gasteiger partial charge in [-0.05, 0) is 70.8 Å². The number of piperidine rings is 1. The summed E-state index contributed by atoms with van der Waals surface area (Å²) in [5.41, 5.74) is 2.15. The third-order valence-corrected chi connectivity index (χ3v) is 5.16. The lowest BCUT2D eigenvalue weighted by Gasteiger charge is -2.40. The van der Waals surface area contributed by atoms with Gasteiger partial charge in [-0.15, -0.1) is 0 Å². The lowest BCUT2D eigenvalue weighted by Crippen LogP contribution is -2.49. The second-order valence-electron chi connectivity index (χ2n) is 8.11. The van der Waals surface area contributed by atoms with Crippen LogP contribution in [0.4, 0.5) is 5.69 Å². The van der Waals surface area contributed by atoms with Gasteiger partial charge in [0.15, 0.2) is 5.96 Å². The maximum absolute atomic E-state index is 11.1. The van der Waals surface area contributed by atoms with Crippen molar-refractivity contribution in [3.05, 3.63) is 29.8 Å². The van der Waals surface area contributed by atoms with Crippen molar-refractivity contribution in [3.8, 4) is 0 Å². The van der Waals surface area contributed by atoms with Crippen LogP contribution in [0.25, 0.3) is 0 Å². The van der Waals surface area contributed by atoms with Crippen LogP contribution in [-0.2, 0) is 11.2 Å². The average Bonchev–Trinajstić information content (AvgIpc) is 2.68. The highest BCUT2D eigenvalue weighted by Gasteiger charge is 2.27. The lowest BCUT2D eigenvalue weighted by atomic mass is 9.99. The summed E-state index contributed by atoms with van der Waals surface area (Å²) < 4.78 is 0. The number of nitrogens with one attached hydrogen (secondary N) is 3. The van der Waals surface area contributed by atoms with E-state index in [0.717, 1.165) is 37.7 Å². The Kier molecular flexibility index (Phi) is 8.77. The van der Waals surface area contributed by atoms with E-state index in [0.29, 0.717) is 0 Å². The summed E-state index contributed by atoms with van der Waals surface area (Å²) in [4.78, 5) is 18.5. The van der Waals surface area contributed by atoms with Gasteiger partial charge in [-0.25, -0.2) is 0 Å².